The van der Waals surface area contributed by atoms with E-state index in [-0.39, 0.29) is 18.5 Å². The van der Waals surface area contributed by atoms with Crippen LogP contribution in [0.15, 0.2) is 0 Å². The molecule has 1 aliphatic heterocycles. The van der Waals surface area contributed by atoms with E-state index in [0.29, 0.717) is 26.3 Å². The van der Waals surface area contributed by atoms with Crippen LogP contribution in [0.25, 0.3) is 0 Å². The van der Waals surface area contributed by atoms with Crippen molar-refractivity contribution in [3.63, 3.8) is 0 Å². The Bertz CT molecular complexity index is 213. The molecule has 1 saturated heterocycles. The van der Waals surface area contributed by atoms with Crippen molar-refractivity contribution >= 4 is 5.91 Å². The first-order chi connectivity index (χ1) is 7.19. The number of morpholine rings is 1. The number of carbonyl (C=O) groups is 1. The highest BCUT2D eigenvalue weighted by Crippen LogP contribution is 2.07. The molecule has 0 aliphatic carbocycles. The summed E-state index contributed by atoms with van der Waals surface area (Å²) in [6, 6.07) is -0.315. The molecule has 1 fully saturated rings. The van der Waals surface area contributed by atoms with Crippen molar-refractivity contribution in [2.45, 2.75) is 12.1 Å². The zero-order chi connectivity index (χ0) is 11.3. The van der Waals surface area contributed by atoms with Gasteiger partial charge in [-0.3, -0.25) is 9.69 Å². The Morgan fingerprint density at radius 3 is 3.13 bits per heavy atom. The van der Waals surface area contributed by atoms with Gasteiger partial charge in [0.1, 0.15) is 6.04 Å². The molecule has 6 heteroatoms. The summed E-state index contributed by atoms with van der Waals surface area (Å²) in [6.07, 6.45) is -0.588. The molecule has 1 aliphatic rings. The minimum Gasteiger partial charge on any atom is -0.390 e. The number of β-amino-alcohol motifs (C(OH)–C–C–N with tert-alkyl or cyclic N) is 1. The lowest BCUT2D eigenvalue weighted by molar-refractivity contribution is -0.133. The van der Waals surface area contributed by atoms with Crippen molar-refractivity contribution in [3.05, 3.63) is 0 Å². The highest BCUT2D eigenvalue weighted by Gasteiger charge is 2.29. The quantitative estimate of drug-likeness (QED) is 0.495. The number of nitrogens with two attached hydrogens (primary N) is 1. The van der Waals surface area contributed by atoms with E-state index in [1.165, 1.54) is 0 Å². The maximum Gasteiger partial charge on any atom is 0.239 e. The molecule has 0 saturated carbocycles. The molecule has 0 spiro atoms. The maximum absolute atomic E-state index is 11.5. The van der Waals surface area contributed by atoms with Crippen LogP contribution in [0.4, 0.5) is 0 Å². The summed E-state index contributed by atoms with van der Waals surface area (Å²) in [7, 11) is 1.59. The molecule has 1 amide bonds. The summed E-state index contributed by atoms with van der Waals surface area (Å²) in [5.41, 5.74) is 5.33. The van der Waals surface area contributed by atoms with E-state index in [2.05, 4.69) is 5.32 Å². The SMILES string of the molecule is CNC(=O)C1COCCN1CC(O)CN. The summed E-state index contributed by atoms with van der Waals surface area (Å²) in [6.45, 7) is 2.23. The van der Waals surface area contributed by atoms with Crippen molar-refractivity contribution in [2.24, 2.45) is 5.73 Å². The van der Waals surface area contributed by atoms with Gasteiger partial charge in [-0.15, -0.1) is 0 Å². The van der Waals surface area contributed by atoms with Gasteiger partial charge in [-0.25, -0.2) is 0 Å². The molecular formula is C9H19N3O3. The van der Waals surface area contributed by atoms with Gasteiger partial charge in [0.2, 0.25) is 5.91 Å². The molecule has 0 aromatic heterocycles. The van der Waals surface area contributed by atoms with Crippen LogP contribution in [0.5, 0.6) is 0 Å². The van der Waals surface area contributed by atoms with Crippen LogP contribution < -0.4 is 11.1 Å². The Morgan fingerprint density at radius 1 is 1.80 bits per heavy atom. The average molecular weight is 217 g/mol. The molecule has 6 nitrogen and oxygen atoms in total. The number of ether oxygens (including phenoxy) is 1. The number of nitrogens with one attached hydrogen (secondary N) is 1. The van der Waals surface area contributed by atoms with Crippen molar-refractivity contribution < 1.29 is 14.6 Å². The van der Waals surface area contributed by atoms with E-state index in [0.717, 1.165) is 0 Å². The molecule has 0 radical (unpaired) electrons. The third kappa shape index (κ3) is 3.42. The number of nitrogens with zero attached hydrogens (tertiary/aromatic N) is 1. The van der Waals surface area contributed by atoms with Crippen molar-refractivity contribution in [3.8, 4) is 0 Å². The highest BCUT2D eigenvalue weighted by molar-refractivity contribution is 5.81. The monoisotopic (exact) mass is 217 g/mol. The molecule has 0 aromatic carbocycles. The predicted molar refractivity (Wildman–Crippen MR) is 55.3 cm³/mol. The van der Waals surface area contributed by atoms with E-state index in [4.69, 9.17) is 10.5 Å². The number of likely N-dealkylation sites (N-methyl/N-ethyl adjacent to an activating group) is 1. The van der Waals surface area contributed by atoms with Gasteiger partial charge >= 0.3 is 0 Å². The van der Waals surface area contributed by atoms with E-state index in [9.17, 15) is 9.90 Å². The second-order valence-corrected chi connectivity index (χ2v) is 3.59. The van der Waals surface area contributed by atoms with Gasteiger partial charge < -0.3 is 20.9 Å². The van der Waals surface area contributed by atoms with Crippen LogP contribution in [-0.2, 0) is 9.53 Å². The van der Waals surface area contributed by atoms with Crippen LogP contribution in [-0.4, -0.2) is 68.0 Å². The van der Waals surface area contributed by atoms with Crippen molar-refractivity contribution in [1.82, 2.24) is 10.2 Å². The molecule has 0 aromatic rings. The Labute approximate surface area is 89.4 Å². The lowest BCUT2D eigenvalue weighted by Gasteiger charge is -2.35. The normalized spacial score (nSPS) is 24.9. The number of aliphatic hydroxyl groups excluding tert-OH is 1. The van der Waals surface area contributed by atoms with Gasteiger partial charge in [-0.05, 0) is 0 Å². The zero-order valence-electron chi connectivity index (χ0n) is 8.98. The first kappa shape index (κ1) is 12.4. The Balaban J connectivity index is 2.53. The first-order valence-corrected chi connectivity index (χ1v) is 5.10. The van der Waals surface area contributed by atoms with E-state index < -0.39 is 6.10 Å². The molecule has 15 heavy (non-hydrogen) atoms. The van der Waals surface area contributed by atoms with Gasteiger partial charge in [0, 0.05) is 26.7 Å². The van der Waals surface area contributed by atoms with Gasteiger partial charge in [0.25, 0.3) is 0 Å². The third-order valence-corrected chi connectivity index (χ3v) is 2.51. The second-order valence-electron chi connectivity index (χ2n) is 3.59. The fraction of sp³-hybridized carbons (Fsp3) is 0.889. The van der Waals surface area contributed by atoms with Crippen LogP contribution in [0.3, 0.4) is 0 Å². The Kier molecular flexibility index (Phi) is 4.97. The summed E-state index contributed by atoms with van der Waals surface area (Å²) in [5, 5.41) is 12.0. The molecule has 4 N–H and O–H groups in total. The number of rotatable bonds is 4. The molecule has 1 rings (SSSR count). The van der Waals surface area contributed by atoms with Gasteiger partial charge in [-0.2, -0.15) is 0 Å². The molecule has 88 valence electrons. The number of amides is 1. The standard InChI is InChI=1S/C9H19N3O3/c1-11-9(14)8-6-15-3-2-12(8)5-7(13)4-10/h7-8,13H,2-6,10H2,1H3,(H,11,14). The Morgan fingerprint density at radius 2 is 2.53 bits per heavy atom. The number of hydrogen-bond acceptors (Lipinski definition) is 5. The summed E-state index contributed by atoms with van der Waals surface area (Å²) < 4.78 is 5.24. The molecule has 1 heterocycles. The molecular weight excluding hydrogens is 198 g/mol. The van der Waals surface area contributed by atoms with Crippen LogP contribution in [0.2, 0.25) is 0 Å². The van der Waals surface area contributed by atoms with Gasteiger partial charge in [0.05, 0.1) is 19.3 Å². The second kappa shape index (κ2) is 6.02. The van der Waals surface area contributed by atoms with Crippen LogP contribution in [0.1, 0.15) is 0 Å². The fourth-order valence-corrected chi connectivity index (χ4v) is 1.61. The lowest BCUT2D eigenvalue weighted by Crippen LogP contribution is -2.55. The maximum atomic E-state index is 11.5. The number of aliphatic hydroxyl groups is 1. The summed E-state index contributed by atoms with van der Waals surface area (Å²) in [5.74, 6) is -0.0843. The predicted octanol–water partition coefficient (Wildman–Crippen LogP) is -2.25. The smallest absolute Gasteiger partial charge is 0.239 e. The van der Waals surface area contributed by atoms with Gasteiger partial charge in [0.15, 0.2) is 0 Å². The number of hydrogen-bond donors (Lipinski definition) is 3. The lowest BCUT2D eigenvalue weighted by atomic mass is 10.2. The third-order valence-electron chi connectivity index (χ3n) is 2.51. The zero-order valence-corrected chi connectivity index (χ0v) is 8.98. The number of carbonyl (C=O) groups excluding carboxylic acids is 1. The highest BCUT2D eigenvalue weighted by atomic mass is 16.5. The molecule has 0 bridgehead atoms. The minimum absolute atomic E-state index is 0.0843. The van der Waals surface area contributed by atoms with Crippen LogP contribution >= 0.6 is 0 Å². The summed E-state index contributed by atoms with van der Waals surface area (Å²) >= 11 is 0. The first-order valence-electron chi connectivity index (χ1n) is 5.10. The molecule has 2 atom stereocenters. The minimum atomic E-state index is -0.588. The molecule has 2 unspecified atom stereocenters. The average Bonchev–Trinajstić information content (AvgIpc) is 2.28. The largest absolute Gasteiger partial charge is 0.390 e. The summed E-state index contributed by atoms with van der Waals surface area (Å²) in [4.78, 5) is 13.4. The van der Waals surface area contributed by atoms with E-state index in [1.54, 1.807) is 7.05 Å². The topological polar surface area (TPSA) is 87.8 Å². The fourth-order valence-electron chi connectivity index (χ4n) is 1.61. The Hall–Kier alpha value is -0.690. The van der Waals surface area contributed by atoms with E-state index in [1.807, 2.05) is 4.90 Å². The van der Waals surface area contributed by atoms with E-state index >= 15 is 0 Å². The van der Waals surface area contributed by atoms with Gasteiger partial charge in [-0.1, -0.05) is 0 Å². The van der Waals surface area contributed by atoms with Crippen molar-refractivity contribution in [1.29, 1.82) is 0 Å². The van der Waals surface area contributed by atoms with Crippen molar-refractivity contribution in [2.75, 3.05) is 39.9 Å². The van der Waals surface area contributed by atoms with Crippen LogP contribution in [0, 0.1) is 0 Å².